The van der Waals surface area contributed by atoms with E-state index >= 15 is 0 Å². The van der Waals surface area contributed by atoms with Crippen molar-refractivity contribution < 1.29 is 4.79 Å². The molecule has 0 amide bonds. The van der Waals surface area contributed by atoms with E-state index in [1.165, 1.54) is 11.8 Å². The lowest BCUT2D eigenvalue weighted by Gasteiger charge is -2.06. The first-order valence-corrected chi connectivity index (χ1v) is 6.26. The van der Waals surface area contributed by atoms with Crippen molar-refractivity contribution in [1.29, 1.82) is 0 Å². The number of halogens is 1. The van der Waals surface area contributed by atoms with Crippen molar-refractivity contribution in [2.24, 2.45) is 0 Å². The first-order valence-electron chi connectivity index (χ1n) is 5.07. The summed E-state index contributed by atoms with van der Waals surface area (Å²) in [7, 11) is 0. The van der Waals surface area contributed by atoms with E-state index in [0.717, 1.165) is 4.90 Å². The first kappa shape index (κ1) is 12.1. The molecule has 17 heavy (non-hydrogen) atoms. The number of carbonyl (C=O) groups is 1. The Kier molecular flexibility index (Phi) is 3.82. The summed E-state index contributed by atoms with van der Waals surface area (Å²) in [5.41, 5.74) is 0.694. The molecule has 0 radical (unpaired) electrons. The highest BCUT2D eigenvalue weighted by Crippen LogP contribution is 2.33. The second-order valence-corrected chi connectivity index (χ2v) is 4.88. The van der Waals surface area contributed by atoms with Gasteiger partial charge in [0.1, 0.15) is 5.03 Å². The number of rotatable bonds is 3. The number of hydrogen-bond acceptors (Lipinski definition) is 3. The predicted octanol–water partition coefficient (Wildman–Crippen LogP) is 4.09. The molecule has 0 saturated heterocycles. The number of aromatic nitrogens is 1. The van der Waals surface area contributed by atoms with Gasteiger partial charge in [-0.2, -0.15) is 0 Å². The summed E-state index contributed by atoms with van der Waals surface area (Å²) >= 11 is 7.44. The highest BCUT2D eigenvalue weighted by Gasteiger charge is 2.10. The molecule has 0 bridgehead atoms. The summed E-state index contributed by atoms with van der Waals surface area (Å²) in [5.74, 6) is 0.0418. The quantitative estimate of drug-likeness (QED) is 0.782. The molecule has 0 aliphatic carbocycles. The van der Waals surface area contributed by atoms with Crippen molar-refractivity contribution >= 4 is 29.1 Å². The van der Waals surface area contributed by atoms with Crippen LogP contribution in [0.15, 0.2) is 52.5 Å². The molecule has 86 valence electrons. The molecule has 1 heterocycles. The molecule has 1 aromatic carbocycles. The van der Waals surface area contributed by atoms with Crippen LogP contribution in [0.2, 0.25) is 5.02 Å². The standard InChI is InChI=1S/C13H10ClNOS/c1-9(16)10-5-2-3-7-12(10)17-13-11(14)6-4-8-15-13/h2-8H,1H3. The zero-order valence-corrected chi connectivity index (χ0v) is 10.8. The van der Waals surface area contributed by atoms with Gasteiger partial charge in [0, 0.05) is 16.7 Å². The molecule has 0 saturated carbocycles. The smallest absolute Gasteiger partial charge is 0.160 e. The second kappa shape index (κ2) is 5.34. The average molecular weight is 264 g/mol. The lowest BCUT2D eigenvalue weighted by molar-refractivity contribution is 0.101. The Morgan fingerprint density at radius 2 is 2.00 bits per heavy atom. The number of carbonyl (C=O) groups excluding carboxylic acids is 1. The Morgan fingerprint density at radius 1 is 1.24 bits per heavy atom. The second-order valence-electron chi connectivity index (χ2n) is 3.44. The lowest BCUT2D eigenvalue weighted by atomic mass is 10.1. The van der Waals surface area contributed by atoms with Crippen molar-refractivity contribution in [2.75, 3.05) is 0 Å². The van der Waals surface area contributed by atoms with Crippen LogP contribution in [-0.4, -0.2) is 10.8 Å². The van der Waals surface area contributed by atoms with Crippen molar-refractivity contribution in [3.8, 4) is 0 Å². The molecule has 0 spiro atoms. The molecule has 2 rings (SSSR count). The maximum atomic E-state index is 11.5. The molecule has 2 nitrogen and oxygen atoms in total. The number of benzene rings is 1. The van der Waals surface area contributed by atoms with Crippen LogP contribution in [0.25, 0.3) is 0 Å². The van der Waals surface area contributed by atoms with E-state index in [9.17, 15) is 4.79 Å². The minimum atomic E-state index is 0.0418. The Morgan fingerprint density at radius 3 is 2.71 bits per heavy atom. The van der Waals surface area contributed by atoms with E-state index in [4.69, 9.17) is 11.6 Å². The average Bonchev–Trinajstić information content (AvgIpc) is 2.32. The third-order valence-corrected chi connectivity index (χ3v) is 3.71. The van der Waals surface area contributed by atoms with Crippen LogP contribution in [0.1, 0.15) is 17.3 Å². The van der Waals surface area contributed by atoms with Crippen molar-refractivity contribution in [2.45, 2.75) is 16.8 Å². The number of nitrogens with zero attached hydrogens (tertiary/aromatic N) is 1. The van der Waals surface area contributed by atoms with Gasteiger partial charge in [0.15, 0.2) is 5.78 Å². The highest BCUT2D eigenvalue weighted by molar-refractivity contribution is 7.99. The fourth-order valence-electron chi connectivity index (χ4n) is 1.40. The number of hydrogen-bond donors (Lipinski definition) is 0. The third-order valence-electron chi connectivity index (χ3n) is 2.20. The largest absolute Gasteiger partial charge is 0.294 e. The molecule has 4 heteroatoms. The van der Waals surface area contributed by atoms with Gasteiger partial charge in [-0.15, -0.1) is 0 Å². The Hall–Kier alpha value is -1.32. The summed E-state index contributed by atoms with van der Waals surface area (Å²) in [5, 5.41) is 1.30. The molecular weight excluding hydrogens is 254 g/mol. The normalized spacial score (nSPS) is 10.2. The third kappa shape index (κ3) is 2.87. The Balaban J connectivity index is 2.37. The lowest BCUT2D eigenvalue weighted by Crippen LogP contribution is -1.94. The maximum Gasteiger partial charge on any atom is 0.160 e. The van der Waals surface area contributed by atoms with E-state index in [-0.39, 0.29) is 5.78 Å². The summed E-state index contributed by atoms with van der Waals surface area (Å²) in [6.07, 6.45) is 1.69. The highest BCUT2D eigenvalue weighted by atomic mass is 35.5. The van der Waals surface area contributed by atoms with E-state index in [2.05, 4.69) is 4.98 Å². The van der Waals surface area contributed by atoms with Gasteiger partial charge in [-0.05, 0) is 25.1 Å². The van der Waals surface area contributed by atoms with Crippen LogP contribution in [-0.2, 0) is 0 Å². The zero-order chi connectivity index (χ0) is 12.3. The molecule has 1 aromatic heterocycles. The van der Waals surface area contributed by atoms with Gasteiger partial charge in [-0.3, -0.25) is 4.79 Å². The van der Waals surface area contributed by atoms with Gasteiger partial charge in [0.25, 0.3) is 0 Å². The van der Waals surface area contributed by atoms with Crippen LogP contribution in [0.3, 0.4) is 0 Å². The molecule has 0 unspecified atom stereocenters. The fraction of sp³-hybridized carbons (Fsp3) is 0.0769. The van der Waals surface area contributed by atoms with Crippen molar-refractivity contribution in [1.82, 2.24) is 4.98 Å². The van der Waals surface area contributed by atoms with Gasteiger partial charge in [-0.25, -0.2) is 4.98 Å². The van der Waals surface area contributed by atoms with Crippen LogP contribution in [0, 0.1) is 0 Å². The maximum absolute atomic E-state index is 11.5. The van der Waals surface area contributed by atoms with E-state index in [0.29, 0.717) is 15.6 Å². The van der Waals surface area contributed by atoms with Crippen LogP contribution >= 0.6 is 23.4 Å². The summed E-state index contributed by atoms with van der Waals surface area (Å²) < 4.78 is 0. The summed E-state index contributed by atoms with van der Waals surface area (Å²) in [4.78, 5) is 16.5. The monoisotopic (exact) mass is 263 g/mol. The predicted molar refractivity (Wildman–Crippen MR) is 69.8 cm³/mol. The van der Waals surface area contributed by atoms with Gasteiger partial charge in [-0.1, -0.05) is 41.6 Å². The molecule has 0 fully saturated rings. The molecule has 0 atom stereocenters. The number of Topliss-reactive ketones (excluding diaryl/α,β-unsaturated/α-hetero) is 1. The van der Waals surface area contributed by atoms with Gasteiger partial charge in [0.05, 0.1) is 5.02 Å². The van der Waals surface area contributed by atoms with Gasteiger partial charge >= 0.3 is 0 Å². The van der Waals surface area contributed by atoms with Crippen LogP contribution in [0.4, 0.5) is 0 Å². The first-order chi connectivity index (χ1) is 8.18. The number of pyridine rings is 1. The molecular formula is C13H10ClNOS. The van der Waals surface area contributed by atoms with Crippen LogP contribution in [0.5, 0.6) is 0 Å². The summed E-state index contributed by atoms with van der Waals surface area (Å²) in [6, 6.07) is 11.0. The Bertz CT molecular complexity index is 557. The number of ketones is 1. The van der Waals surface area contributed by atoms with Gasteiger partial charge < -0.3 is 0 Å². The van der Waals surface area contributed by atoms with Crippen molar-refractivity contribution in [3.05, 3.63) is 53.2 Å². The minimum absolute atomic E-state index is 0.0418. The molecule has 2 aromatic rings. The SMILES string of the molecule is CC(=O)c1ccccc1Sc1ncccc1Cl. The zero-order valence-electron chi connectivity index (χ0n) is 9.18. The van der Waals surface area contributed by atoms with E-state index in [1.54, 1.807) is 25.3 Å². The van der Waals surface area contributed by atoms with E-state index < -0.39 is 0 Å². The van der Waals surface area contributed by atoms with Crippen molar-refractivity contribution in [3.63, 3.8) is 0 Å². The minimum Gasteiger partial charge on any atom is -0.294 e. The fourth-order valence-corrected chi connectivity index (χ4v) is 2.59. The Labute approximate surface area is 109 Å². The molecule has 0 aliphatic heterocycles. The topological polar surface area (TPSA) is 30.0 Å². The van der Waals surface area contributed by atoms with Crippen LogP contribution < -0.4 is 0 Å². The summed E-state index contributed by atoms with van der Waals surface area (Å²) in [6.45, 7) is 1.55. The van der Waals surface area contributed by atoms with E-state index in [1.807, 2.05) is 24.3 Å². The van der Waals surface area contributed by atoms with Gasteiger partial charge in [0.2, 0.25) is 0 Å². The molecule has 0 N–H and O–H groups in total. The molecule has 0 aliphatic rings.